The van der Waals surface area contributed by atoms with Gasteiger partial charge in [-0.2, -0.15) is 0 Å². The fourth-order valence-electron chi connectivity index (χ4n) is 3.74. The first kappa shape index (κ1) is 14.4. The van der Waals surface area contributed by atoms with Crippen molar-refractivity contribution in [2.45, 2.75) is 44.4 Å². The lowest BCUT2D eigenvalue weighted by molar-refractivity contribution is -0.135. The van der Waals surface area contributed by atoms with Gasteiger partial charge in [0.2, 0.25) is 5.91 Å². The van der Waals surface area contributed by atoms with E-state index in [1.165, 1.54) is 24.8 Å². The molecule has 3 heteroatoms. The molecule has 3 rings (SSSR count). The van der Waals surface area contributed by atoms with Gasteiger partial charge in [0.25, 0.3) is 0 Å². The van der Waals surface area contributed by atoms with Crippen molar-refractivity contribution in [3.63, 3.8) is 0 Å². The van der Waals surface area contributed by atoms with E-state index in [1.54, 1.807) is 7.11 Å². The number of likely N-dealkylation sites (tertiary alicyclic amines) is 1. The molecule has 1 aromatic carbocycles. The van der Waals surface area contributed by atoms with Gasteiger partial charge in [-0.15, -0.1) is 0 Å². The summed E-state index contributed by atoms with van der Waals surface area (Å²) in [5.41, 5.74) is 1.30. The van der Waals surface area contributed by atoms with Crippen LogP contribution in [0.25, 0.3) is 0 Å². The number of rotatable bonds is 3. The highest BCUT2D eigenvalue weighted by Gasteiger charge is 2.32. The number of benzene rings is 1. The predicted octanol–water partition coefficient (Wildman–Crippen LogP) is 3.59. The lowest BCUT2D eigenvalue weighted by Crippen LogP contribution is -2.35. The molecule has 1 atom stereocenters. The van der Waals surface area contributed by atoms with Crippen molar-refractivity contribution in [3.8, 4) is 5.75 Å². The lowest BCUT2D eigenvalue weighted by Gasteiger charge is -2.26. The normalized spacial score (nSPS) is 23.3. The van der Waals surface area contributed by atoms with E-state index in [-0.39, 0.29) is 0 Å². The standard InChI is InChI=1S/C18H25NO2/c1-21-17-9-5-8-15(12-17)16-10-11-19(13-16)18(20)14-6-3-2-4-7-14/h5,8-9,12,14,16H,2-4,6-7,10-11,13H2,1H3. The Morgan fingerprint density at radius 2 is 2.00 bits per heavy atom. The van der Waals surface area contributed by atoms with E-state index < -0.39 is 0 Å². The van der Waals surface area contributed by atoms with Crippen LogP contribution in [0.1, 0.15) is 50.0 Å². The van der Waals surface area contributed by atoms with Crippen molar-refractivity contribution in [3.05, 3.63) is 29.8 Å². The third-order valence-corrected chi connectivity index (χ3v) is 5.02. The quantitative estimate of drug-likeness (QED) is 0.850. The van der Waals surface area contributed by atoms with Crippen molar-refractivity contribution in [1.29, 1.82) is 0 Å². The zero-order valence-corrected chi connectivity index (χ0v) is 12.9. The van der Waals surface area contributed by atoms with Crippen LogP contribution in [0.15, 0.2) is 24.3 Å². The molecular formula is C18H25NO2. The fraction of sp³-hybridized carbons (Fsp3) is 0.611. The van der Waals surface area contributed by atoms with Crippen LogP contribution in [-0.4, -0.2) is 31.0 Å². The van der Waals surface area contributed by atoms with Gasteiger partial charge in [0.1, 0.15) is 5.75 Å². The summed E-state index contributed by atoms with van der Waals surface area (Å²) < 4.78 is 5.30. The minimum Gasteiger partial charge on any atom is -0.497 e. The summed E-state index contributed by atoms with van der Waals surface area (Å²) in [4.78, 5) is 14.7. The van der Waals surface area contributed by atoms with E-state index in [1.807, 2.05) is 12.1 Å². The Morgan fingerprint density at radius 3 is 2.76 bits per heavy atom. The van der Waals surface area contributed by atoms with Gasteiger partial charge in [0, 0.05) is 24.9 Å². The number of carbonyl (C=O) groups is 1. The molecule has 3 nitrogen and oxygen atoms in total. The maximum Gasteiger partial charge on any atom is 0.225 e. The summed E-state index contributed by atoms with van der Waals surface area (Å²) in [6.45, 7) is 1.79. The molecule has 0 bridgehead atoms. The van der Waals surface area contributed by atoms with Crippen LogP contribution in [0.5, 0.6) is 5.75 Å². The molecule has 2 fully saturated rings. The molecule has 1 unspecified atom stereocenters. The van der Waals surface area contributed by atoms with Gasteiger partial charge in [-0.25, -0.2) is 0 Å². The number of carbonyl (C=O) groups excluding carboxylic acids is 1. The highest BCUT2D eigenvalue weighted by atomic mass is 16.5. The van der Waals surface area contributed by atoms with Gasteiger partial charge >= 0.3 is 0 Å². The smallest absolute Gasteiger partial charge is 0.225 e. The Morgan fingerprint density at radius 1 is 1.19 bits per heavy atom. The van der Waals surface area contributed by atoms with Gasteiger partial charge in [-0.1, -0.05) is 31.4 Å². The number of amides is 1. The molecule has 1 aromatic rings. The van der Waals surface area contributed by atoms with Crippen LogP contribution < -0.4 is 4.74 Å². The third kappa shape index (κ3) is 3.22. The van der Waals surface area contributed by atoms with Gasteiger partial charge in [-0.3, -0.25) is 4.79 Å². The minimum atomic E-state index is 0.294. The monoisotopic (exact) mass is 287 g/mol. The second-order valence-electron chi connectivity index (χ2n) is 6.38. The van der Waals surface area contributed by atoms with Gasteiger partial charge < -0.3 is 9.64 Å². The first-order chi connectivity index (χ1) is 10.3. The molecule has 1 aliphatic carbocycles. The number of nitrogens with zero attached hydrogens (tertiary/aromatic N) is 1. The maximum absolute atomic E-state index is 12.6. The molecule has 21 heavy (non-hydrogen) atoms. The number of hydrogen-bond acceptors (Lipinski definition) is 2. The van der Waals surface area contributed by atoms with E-state index in [4.69, 9.17) is 4.74 Å². The predicted molar refractivity (Wildman–Crippen MR) is 83.5 cm³/mol. The van der Waals surface area contributed by atoms with Gasteiger partial charge in [0.05, 0.1) is 7.11 Å². The molecule has 0 aromatic heterocycles. The average Bonchev–Trinajstić information content (AvgIpc) is 3.05. The Balaban J connectivity index is 1.63. The Bertz CT molecular complexity index is 494. The van der Waals surface area contributed by atoms with Crippen LogP contribution in [0.2, 0.25) is 0 Å². The number of ether oxygens (including phenoxy) is 1. The average molecular weight is 287 g/mol. The zero-order valence-electron chi connectivity index (χ0n) is 12.9. The van der Waals surface area contributed by atoms with Crippen molar-refractivity contribution in [1.82, 2.24) is 4.90 Å². The first-order valence-corrected chi connectivity index (χ1v) is 8.20. The van der Waals surface area contributed by atoms with Crippen molar-refractivity contribution in [2.75, 3.05) is 20.2 Å². The highest BCUT2D eigenvalue weighted by molar-refractivity contribution is 5.79. The van der Waals surface area contributed by atoms with Crippen molar-refractivity contribution < 1.29 is 9.53 Å². The van der Waals surface area contributed by atoms with Gasteiger partial charge in [-0.05, 0) is 37.0 Å². The third-order valence-electron chi connectivity index (χ3n) is 5.02. The summed E-state index contributed by atoms with van der Waals surface area (Å²) in [6.07, 6.45) is 7.02. The molecule has 0 radical (unpaired) electrons. The van der Waals surface area contributed by atoms with Crippen LogP contribution in [0.4, 0.5) is 0 Å². The molecule has 1 aliphatic heterocycles. The summed E-state index contributed by atoms with van der Waals surface area (Å²) in [5.74, 6) is 2.07. The minimum absolute atomic E-state index is 0.294. The van der Waals surface area contributed by atoms with E-state index in [0.29, 0.717) is 17.7 Å². The zero-order chi connectivity index (χ0) is 14.7. The molecule has 0 N–H and O–H groups in total. The first-order valence-electron chi connectivity index (χ1n) is 8.20. The van der Waals surface area contributed by atoms with E-state index in [9.17, 15) is 4.79 Å². The largest absolute Gasteiger partial charge is 0.497 e. The number of methoxy groups -OCH3 is 1. The van der Waals surface area contributed by atoms with Crippen LogP contribution in [0, 0.1) is 5.92 Å². The second-order valence-corrected chi connectivity index (χ2v) is 6.38. The SMILES string of the molecule is COc1cccc(C2CCN(C(=O)C3CCCCC3)C2)c1. The topological polar surface area (TPSA) is 29.5 Å². The van der Waals surface area contributed by atoms with E-state index in [0.717, 1.165) is 38.1 Å². The fourth-order valence-corrected chi connectivity index (χ4v) is 3.74. The molecule has 114 valence electrons. The Hall–Kier alpha value is -1.51. The van der Waals surface area contributed by atoms with E-state index in [2.05, 4.69) is 17.0 Å². The molecule has 1 saturated heterocycles. The van der Waals surface area contributed by atoms with Crippen LogP contribution in [-0.2, 0) is 4.79 Å². The van der Waals surface area contributed by atoms with Crippen molar-refractivity contribution >= 4 is 5.91 Å². The van der Waals surface area contributed by atoms with E-state index >= 15 is 0 Å². The van der Waals surface area contributed by atoms with Crippen molar-refractivity contribution in [2.24, 2.45) is 5.92 Å². The molecule has 1 amide bonds. The summed E-state index contributed by atoms with van der Waals surface area (Å²) in [5, 5.41) is 0. The summed E-state index contributed by atoms with van der Waals surface area (Å²) >= 11 is 0. The van der Waals surface area contributed by atoms with Gasteiger partial charge in [0.15, 0.2) is 0 Å². The second kappa shape index (κ2) is 6.50. The molecular weight excluding hydrogens is 262 g/mol. The number of hydrogen-bond donors (Lipinski definition) is 0. The maximum atomic E-state index is 12.6. The molecule has 2 aliphatic rings. The Kier molecular flexibility index (Phi) is 4.47. The summed E-state index contributed by atoms with van der Waals surface area (Å²) in [7, 11) is 1.70. The molecule has 0 spiro atoms. The summed E-state index contributed by atoms with van der Waals surface area (Å²) in [6, 6.07) is 8.28. The van der Waals surface area contributed by atoms with Crippen LogP contribution in [0.3, 0.4) is 0 Å². The molecule has 1 heterocycles. The molecule has 1 saturated carbocycles. The van der Waals surface area contributed by atoms with Crippen LogP contribution >= 0.6 is 0 Å². The lowest BCUT2D eigenvalue weighted by atomic mass is 9.88. The highest BCUT2D eigenvalue weighted by Crippen LogP contribution is 2.32. The Labute approximate surface area is 127 Å².